The third-order valence-electron chi connectivity index (χ3n) is 5.00. The molecule has 3 saturated heterocycles. The summed E-state index contributed by atoms with van der Waals surface area (Å²) < 4.78 is 11.4. The number of carbonyl (C=O) groups is 2. The zero-order valence-electron chi connectivity index (χ0n) is 13.2. The van der Waals surface area contributed by atoms with Crippen molar-refractivity contribution in [2.24, 2.45) is 0 Å². The van der Waals surface area contributed by atoms with Crippen molar-refractivity contribution in [1.29, 1.82) is 0 Å². The summed E-state index contributed by atoms with van der Waals surface area (Å²) in [4.78, 5) is 28.5. The highest BCUT2D eigenvalue weighted by molar-refractivity contribution is 6.31. The lowest BCUT2D eigenvalue weighted by atomic mass is 10.0. The second-order valence-corrected chi connectivity index (χ2v) is 6.85. The Bertz CT molecular complexity index is 664. The Morgan fingerprint density at radius 3 is 2.50 bits per heavy atom. The molecule has 24 heavy (non-hydrogen) atoms. The van der Waals surface area contributed by atoms with Crippen LogP contribution in [-0.2, 0) is 19.1 Å². The number of halogens is 1. The van der Waals surface area contributed by atoms with E-state index in [1.54, 1.807) is 24.3 Å². The fourth-order valence-electron chi connectivity index (χ4n) is 3.75. The number of rotatable bonds is 2. The van der Waals surface area contributed by atoms with Crippen molar-refractivity contribution in [2.45, 2.75) is 31.1 Å². The number of nitrogens with zero attached hydrogens (tertiary/aromatic N) is 2. The summed E-state index contributed by atoms with van der Waals surface area (Å²) in [5, 5.41) is 0.506. The van der Waals surface area contributed by atoms with Crippen LogP contribution in [0.15, 0.2) is 24.3 Å². The normalized spacial score (nSPS) is 27.4. The van der Waals surface area contributed by atoms with Gasteiger partial charge < -0.3 is 9.47 Å². The van der Waals surface area contributed by atoms with Crippen molar-refractivity contribution < 1.29 is 19.1 Å². The van der Waals surface area contributed by atoms with Crippen molar-refractivity contribution in [2.75, 3.05) is 31.2 Å². The van der Waals surface area contributed by atoms with Gasteiger partial charge in [-0.1, -0.05) is 17.7 Å². The van der Waals surface area contributed by atoms with Gasteiger partial charge in [0, 0.05) is 31.0 Å². The van der Waals surface area contributed by atoms with Crippen LogP contribution >= 0.6 is 11.6 Å². The van der Waals surface area contributed by atoms with E-state index in [-0.39, 0.29) is 18.2 Å². The molecule has 0 aliphatic carbocycles. The van der Waals surface area contributed by atoms with Crippen LogP contribution in [0, 0.1) is 0 Å². The summed E-state index contributed by atoms with van der Waals surface area (Å²) in [7, 11) is 0. The third-order valence-corrected chi connectivity index (χ3v) is 5.24. The fraction of sp³-hybridized carbons (Fsp3) is 0.529. The first-order chi connectivity index (χ1) is 11.6. The molecule has 0 bridgehead atoms. The molecule has 1 aromatic carbocycles. The molecule has 1 spiro atoms. The van der Waals surface area contributed by atoms with Crippen LogP contribution in [0.5, 0.6) is 0 Å². The van der Waals surface area contributed by atoms with Gasteiger partial charge in [0.15, 0.2) is 5.79 Å². The predicted molar refractivity (Wildman–Crippen MR) is 87.8 cm³/mol. The monoisotopic (exact) mass is 350 g/mol. The standard InChI is InChI=1S/C17H19ClN2O4/c18-12-2-1-3-13(10-12)20-15(21)11-14(16(20)22)19-6-4-17(5-7-19)23-8-9-24-17/h1-3,10,14H,4-9,11H2/t14-/m0/s1. The van der Waals surface area contributed by atoms with Gasteiger partial charge in [-0.2, -0.15) is 0 Å². The van der Waals surface area contributed by atoms with Gasteiger partial charge in [-0.3, -0.25) is 14.5 Å². The molecule has 3 heterocycles. The predicted octanol–water partition coefficient (Wildman–Crippen LogP) is 1.81. The van der Waals surface area contributed by atoms with Gasteiger partial charge in [0.25, 0.3) is 5.91 Å². The van der Waals surface area contributed by atoms with E-state index in [0.29, 0.717) is 37.0 Å². The summed E-state index contributed by atoms with van der Waals surface area (Å²) >= 11 is 5.99. The number of piperidine rings is 1. The van der Waals surface area contributed by atoms with E-state index in [1.807, 2.05) is 0 Å². The van der Waals surface area contributed by atoms with Crippen LogP contribution < -0.4 is 4.90 Å². The van der Waals surface area contributed by atoms with Crippen LogP contribution in [0.3, 0.4) is 0 Å². The number of hydrogen-bond donors (Lipinski definition) is 0. The third kappa shape index (κ3) is 2.73. The average molecular weight is 351 g/mol. The fourth-order valence-corrected chi connectivity index (χ4v) is 3.93. The van der Waals surface area contributed by atoms with Gasteiger partial charge in [0.2, 0.25) is 5.91 Å². The number of anilines is 1. The van der Waals surface area contributed by atoms with Gasteiger partial charge >= 0.3 is 0 Å². The minimum absolute atomic E-state index is 0.175. The van der Waals surface area contributed by atoms with Crippen LogP contribution in [0.4, 0.5) is 5.69 Å². The molecule has 128 valence electrons. The number of likely N-dealkylation sites (tertiary alicyclic amines) is 1. The second-order valence-electron chi connectivity index (χ2n) is 6.41. The van der Waals surface area contributed by atoms with E-state index in [4.69, 9.17) is 21.1 Å². The molecule has 3 aliphatic rings. The first-order valence-electron chi connectivity index (χ1n) is 8.22. The summed E-state index contributed by atoms with van der Waals surface area (Å²) in [5.74, 6) is -0.832. The Labute approximate surface area is 145 Å². The maximum atomic E-state index is 12.8. The molecule has 2 amide bonds. The van der Waals surface area contributed by atoms with Crippen LogP contribution in [0.2, 0.25) is 5.02 Å². The number of carbonyl (C=O) groups excluding carboxylic acids is 2. The number of ether oxygens (including phenoxy) is 2. The van der Waals surface area contributed by atoms with Crippen molar-refractivity contribution >= 4 is 29.1 Å². The first kappa shape index (κ1) is 16.0. The minimum atomic E-state index is -0.477. The number of hydrogen-bond acceptors (Lipinski definition) is 5. The molecule has 4 rings (SSSR count). The van der Waals surface area contributed by atoms with Gasteiger partial charge in [0.05, 0.1) is 31.4 Å². The summed E-state index contributed by atoms with van der Waals surface area (Å²) in [6.07, 6.45) is 1.66. The van der Waals surface area contributed by atoms with E-state index < -0.39 is 11.8 Å². The van der Waals surface area contributed by atoms with Crippen molar-refractivity contribution in [3.63, 3.8) is 0 Å². The Balaban J connectivity index is 1.48. The van der Waals surface area contributed by atoms with E-state index in [2.05, 4.69) is 4.90 Å². The van der Waals surface area contributed by atoms with E-state index in [1.165, 1.54) is 4.90 Å². The molecular formula is C17H19ClN2O4. The molecule has 1 atom stereocenters. The number of amides is 2. The topological polar surface area (TPSA) is 59.1 Å². The smallest absolute Gasteiger partial charge is 0.251 e. The van der Waals surface area contributed by atoms with Gasteiger partial charge in [0.1, 0.15) is 0 Å². The number of imide groups is 1. The van der Waals surface area contributed by atoms with Crippen molar-refractivity contribution in [3.05, 3.63) is 29.3 Å². The molecular weight excluding hydrogens is 332 g/mol. The summed E-state index contributed by atoms with van der Waals surface area (Å²) in [6.45, 7) is 2.63. The van der Waals surface area contributed by atoms with Gasteiger partial charge in [-0.15, -0.1) is 0 Å². The van der Waals surface area contributed by atoms with Crippen LogP contribution in [0.25, 0.3) is 0 Å². The maximum Gasteiger partial charge on any atom is 0.251 e. The lowest BCUT2D eigenvalue weighted by molar-refractivity contribution is -0.188. The second kappa shape index (κ2) is 6.11. The SMILES string of the molecule is O=C1C[C@H](N2CCC3(CC2)OCCO3)C(=O)N1c1cccc(Cl)c1. The lowest BCUT2D eigenvalue weighted by Crippen LogP contribution is -2.51. The summed E-state index contributed by atoms with van der Waals surface area (Å²) in [5.41, 5.74) is 0.538. The highest BCUT2D eigenvalue weighted by atomic mass is 35.5. The van der Waals surface area contributed by atoms with Crippen molar-refractivity contribution in [3.8, 4) is 0 Å². The highest BCUT2D eigenvalue weighted by Gasteiger charge is 2.47. The molecule has 7 heteroatoms. The largest absolute Gasteiger partial charge is 0.347 e. The zero-order chi connectivity index (χ0) is 16.7. The summed E-state index contributed by atoms with van der Waals surface area (Å²) in [6, 6.07) is 6.43. The van der Waals surface area contributed by atoms with E-state index >= 15 is 0 Å². The quantitative estimate of drug-likeness (QED) is 0.761. The Hall–Kier alpha value is -1.47. The number of benzene rings is 1. The lowest BCUT2D eigenvalue weighted by Gasteiger charge is -2.39. The average Bonchev–Trinajstić information content (AvgIpc) is 3.13. The van der Waals surface area contributed by atoms with Gasteiger partial charge in [-0.25, -0.2) is 4.90 Å². The molecule has 6 nitrogen and oxygen atoms in total. The van der Waals surface area contributed by atoms with E-state index in [9.17, 15) is 9.59 Å². The Morgan fingerprint density at radius 1 is 1.12 bits per heavy atom. The Morgan fingerprint density at radius 2 is 1.83 bits per heavy atom. The van der Waals surface area contributed by atoms with Crippen LogP contribution in [-0.4, -0.2) is 54.8 Å². The molecule has 0 N–H and O–H groups in total. The molecule has 0 aromatic heterocycles. The minimum Gasteiger partial charge on any atom is -0.347 e. The maximum absolute atomic E-state index is 12.8. The molecule has 3 aliphatic heterocycles. The van der Waals surface area contributed by atoms with E-state index in [0.717, 1.165) is 12.8 Å². The van der Waals surface area contributed by atoms with Crippen molar-refractivity contribution in [1.82, 2.24) is 4.90 Å². The Kier molecular flexibility index (Phi) is 4.08. The van der Waals surface area contributed by atoms with Crippen LogP contribution in [0.1, 0.15) is 19.3 Å². The molecule has 0 radical (unpaired) electrons. The zero-order valence-corrected chi connectivity index (χ0v) is 14.0. The molecule has 0 saturated carbocycles. The first-order valence-corrected chi connectivity index (χ1v) is 8.60. The van der Waals surface area contributed by atoms with Gasteiger partial charge in [-0.05, 0) is 18.2 Å². The highest BCUT2D eigenvalue weighted by Crippen LogP contribution is 2.34. The molecule has 0 unspecified atom stereocenters. The molecule has 3 fully saturated rings. The molecule has 1 aromatic rings.